The number of nitrogens with zero attached hydrogens (tertiary/aromatic N) is 1. The van der Waals surface area contributed by atoms with Crippen molar-refractivity contribution in [2.45, 2.75) is 13.3 Å². The van der Waals surface area contributed by atoms with Crippen molar-refractivity contribution in [1.82, 2.24) is 0 Å². The number of hydrogen-bond acceptors (Lipinski definition) is 2. The fourth-order valence-corrected chi connectivity index (χ4v) is 0.816. The number of hydrogen-bond donors (Lipinski definition) is 1. The van der Waals surface area contributed by atoms with Gasteiger partial charge in [-0.3, -0.25) is 4.99 Å². The van der Waals surface area contributed by atoms with Crippen molar-refractivity contribution >= 4 is 6.21 Å². The minimum atomic E-state index is 0.480. The normalized spacial score (nSPS) is 26.0. The van der Waals surface area contributed by atoms with Crippen molar-refractivity contribution in [2.24, 2.45) is 16.6 Å². The van der Waals surface area contributed by atoms with E-state index in [-0.39, 0.29) is 0 Å². The Labute approximate surface area is 55.5 Å². The topological polar surface area (TPSA) is 38.4 Å². The standard InChI is InChI=1S/C7H12N2/c1-6-2-3-7(4-8)5-9-6/h2,5,7H,3-4,8H2,1H3. The Bertz CT molecular complexity index is 147. The molecule has 1 heterocycles. The number of nitrogens with two attached hydrogens (primary N) is 1. The molecule has 0 bridgehead atoms. The zero-order valence-corrected chi connectivity index (χ0v) is 5.67. The molecular weight excluding hydrogens is 112 g/mol. The average molecular weight is 124 g/mol. The van der Waals surface area contributed by atoms with Gasteiger partial charge in [-0.15, -0.1) is 0 Å². The number of aliphatic imine (C=N–C) groups is 1. The van der Waals surface area contributed by atoms with Crippen LogP contribution in [0, 0.1) is 5.92 Å². The molecule has 2 N–H and O–H groups in total. The van der Waals surface area contributed by atoms with Crippen LogP contribution in [0.1, 0.15) is 13.3 Å². The summed E-state index contributed by atoms with van der Waals surface area (Å²) in [5.41, 5.74) is 6.54. The van der Waals surface area contributed by atoms with E-state index in [1.165, 1.54) is 0 Å². The van der Waals surface area contributed by atoms with Gasteiger partial charge in [0, 0.05) is 24.4 Å². The van der Waals surface area contributed by atoms with E-state index in [4.69, 9.17) is 5.73 Å². The average Bonchev–Trinajstić information content (AvgIpc) is 1.90. The Kier molecular flexibility index (Phi) is 2.01. The molecule has 0 saturated heterocycles. The van der Waals surface area contributed by atoms with Crippen LogP contribution in [0.3, 0.4) is 0 Å². The summed E-state index contributed by atoms with van der Waals surface area (Å²) in [7, 11) is 0. The third kappa shape index (κ3) is 1.64. The first-order valence-corrected chi connectivity index (χ1v) is 3.24. The van der Waals surface area contributed by atoms with Gasteiger partial charge < -0.3 is 5.73 Å². The quantitative estimate of drug-likeness (QED) is 0.555. The molecule has 1 rings (SSSR count). The molecule has 2 heteroatoms. The van der Waals surface area contributed by atoms with Gasteiger partial charge in [0.15, 0.2) is 0 Å². The molecule has 0 aromatic heterocycles. The van der Waals surface area contributed by atoms with Crippen LogP contribution in [-0.4, -0.2) is 12.8 Å². The zero-order chi connectivity index (χ0) is 6.69. The Morgan fingerprint density at radius 1 is 1.89 bits per heavy atom. The Morgan fingerprint density at radius 3 is 3.11 bits per heavy atom. The van der Waals surface area contributed by atoms with Crippen LogP contribution in [0.15, 0.2) is 16.8 Å². The van der Waals surface area contributed by atoms with Crippen molar-refractivity contribution in [3.63, 3.8) is 0 Å². The molecule has 0 aromatic carbocycles. The largest absolute Gasteiger partial charge is 0.330 e. The van der Waals surface area contributed by atoms with Crippen molar-refractivity contribution < 1.29 is 0 Å². The smallest absolute Gasteiger partial charge is 0.0329 e. The minimum absolute atomic E-state index is 0.480. The summed E-state index contributed by atoms with van der Waals surface area (Å²) < 4.78 is 0. The molecule has 1 atom stereocenters. The molecule has 1 aliphatic heterocycles. The van der Waals surface area contributed by atoms with E-state index < -0.39 is 0 Å². The number of allylic oxidation sites excluding steroid dienone is 2. The van der Waals surface area contributed by atoms with E-state index in [0.717, 1.165) is 12.1 Å². The second kappa shape index (κ2) is 2.78. The van der Waals surface area contributed by atoms with Gasteiger partial charge in [-0.25, -0.2) is 0 Å². The molecule has 0 fully saturated rings. The second-order valence-corrected chi connectivity index (χ2v) is 2.36. The Balaban J connectivity index is 2.48. The van der Waals surface area contributed by atoms with Gasteiger partial charge in [0.1, 0.15) is 0 Å². The molecule has 50 valence electrons. The van der Waals surface area contributed by atoms with E-state index >= 15 is 0 Å². The van der Waals surface area contributed by atoms with Crippen LogP contribution in [-0.2, 0) is 0 Å². The summed E-state index contributed by atoms with van der Waals surface area (Å²) in [5, 5.41) is 0. The second-order valence-electron chi connectivity index (χ2n) is 2.36. The molecule has 1 aliphatic rings. The van der Waals surface area contributed by atoms with Gasteiger partial charge in [0.2, 0.25) is 0 Å². The molecule has 0 aliphatic carbocycles. The first-order valence-electron chi connectivity index (χ1n) is 3.24. The minimum Gasteiger partial charge on any atom is -0.330 e. The fourth-order valence-electron chi connectivity index (χ4n) is 0.816. The Morgan fingerprint density at radius 2 is 2.67 bits per heavy atom. The van der Waals surface area contributed by atoms with E-state index in [1.54, 1.807) is 0 Å². The highest BCUT2D eigenvalue weighted by Crippen LogP contribution is 2.09. The molecule has 0 aromatic rings. The molecule has 9 heavy (non-hydrogen) atoms. The highest BCUT2D eigenvalue weighted by molar-refractivity contribution is 5.64. The summed E-state index contributed by atoms with van der Waals surface area (Å²) >= 11 is 0. The first kappa shape index (κ1) is 6.49. The van der Waals surface area contributed by atoms with Crippen LogP contribution in [0.2, 0.25) is 0 Å². The van der Waals surface area contributed by atoms with Crippen molar-refractivity contribution in [2.75, 3.05) is 6.54 Å². The van der Waals surface area contributed by atoms with Gasteiger partial charge in [-0.1, -0.05) is 6.08 Å². The predicted molar refractivity (Wildman–Crippen MR) is 39.4 cm³/mol. The molecular formula is C7H12N2. The monoisotopic (exact) mass is 124 g/mol. The van der Waals surface area contributed by atoms with E-state index in [0.29, 0.717) is 12.5 Å². The maximum Gasteiger partial charge on any atom is 0.0329 e. The molecule has 0 saturated carbocycles. The first-order chi connectivity index (χ1) is 4.33. The summed E-state index contributed by atoms with van der Waals surface area (Å²) in [6, 6.07) is 0. The number of rotatable bonds is 1. The lowest BCUT2D eigenvalue weighted by atomic mass is 10.1. The highest BCUT2D eigenvalue weighted by atomic mass is 14.7. The van der Waals surface area contributed by atoms with Gasteiger partial charge in [0.25, 0.3) is 0 Å². The van der Waals surface area contributed by atoms with E-state index in [2.05, 4.69) is 11.1 Å². The maximum absolute atomic E-state index is 5.43. The molecule has 0 amide bonds. The summed E-state index contributed by atoms with van der Waals surface area (Å²) in [5.74, 6) is 0.480. The van der Waals surface area contributed by atoms with Gasteiger partial charge in [-0.2, -0.15) is 0 Å². The Hall–Kier alpha value is -0.630. The predicted octanol–water partition coefficient (Wildman–Crippen LogP) is 0.940. The molecule has 1 unspecified atom stereocenters. The van der Waals surface area contributed by atoms with Crippen LogP contribution >= 0.6 is 0 Å². The van der Waals surface area contributed by atoms with Crippen LogP contribution in [0.5, 0.6) is 0 Å². The van der Waals surface area contributed by atoms with Crippen LogP contribution in [0.4, 0.5) is 0 Å². The SMILES string of the molecule is CC1=CCC(CN)C=N1. The van der Waals surface area contributed by atoms with Crippen molar-refractivity contribution in [3.05, 3.63) is 11.8 Å². The zero-order valence-electron chi connectivity index (χ0n) is 5.67. The summed E-state index contributed by atoms with van der Waals surface area (Å²) in [4.78, 5) is 4.14. The van der Waals surface area contributed by atoms with Gasteiger partial charge in [-0.05, 0) is 13.3 Å². The molecule has 2 nitrogen and oxygen atoms in total. The van der Waals surface area contributed by atoms with Crippen molar-refractivity contribution in [1.29, 1.82) is 0 Å². The third-order valence-electron chi connectivity index (χ3n) is 1.51. The van der Waals surface area contributed by atoms with E-state index in [9.17, 15) is 0 Å². The van der Waals surface area contributed by atoms with Crippen LogP contribution in [0.25, 0.3) is 0 Å². The lowest BCUT2D eigenvalue weighted by Gasteiger charge is -2.09. The fraction of sp³-hybridized carbons (Fsp3) is 0.571. The molecule has 0 spiro atoms. The lowest BCUT2D eigenvalue weighted by Crippen LogP contribution is -2.16. The van der Waals surface area contributed by atoms with Crippen molar-refractivity contribution in [3.8, 4) is 0 Å². The maximum atomic E-state index is 5.43. The summed E-state index contributed by atoms with van der Waals surface area (Å²) in [6.45, 7) is 2.72. The highest BCUT2D eigenvalue weighted by Gasteiger charge is 2.03. The summed E-state index contributed by atoms with van der Waals surface area (Å²) in [6.07, 6.45) is 5.12. The van der Waals surface area contributed by atoms with Gasteiger partial charge >= 0.3 is 0 Å². The third-order valence-corrected chi connectivity index (χ3v) is 1.51. The van der Waals surface area contributed by atoms with Gasteiger partial charge in [0.05, 0.1) is 0 Å². The van der Waals surface area contributed by atoms with Crippen LogP contribution < -0.4 is 5.73 Å². The van der Waals surface area contributed by atoms with E-state index in [1.807, 2.05) is 13.1 Å². The lowest BCUT2D eigenvalue weighted by molar-refractivity contribution is 0.714. The molecule has 0 radical (unpaired) electrons.